The van der Waals surface area contributed by atoms with Gasteiger partial charge in [0, 0.05) is 24.9 Å². The summed E-state index contributed by atoms with van der Waals surface area (Å²) in [5, 5.41) is 7.44. The summed E-state index contributed by atoms with van der Waals surface area (Å²) in [7, 11) is 1.66. The van der Waals surface area contributed by atoms with Gasteiger partial charge in [0.15, 0.2) is 5.65 Å². The average molecular weight is 334 g/mol. The maximum absolute atomic E-state index is 12.9. The molecule has 0 radical (unpaired) electrons. The highest BCUT2D eigenvalue weighted by molar-refractivity contribution is 5.96. The molecule has 2 heterocycles. The van der Waals surface area contributed by atoms with Crippen molar-refractivity contribution in [2.24, 2.45) is 7.05 Å². The van der Waals surface area contributed by atoms with E-state index in [1.807, 2.05) is 0 Å². The first-order valence-corrected chi connectivity index (χ1v) is 7.03. The Hall–Kier alpha value is -2.90. The van der Waals surface area contributed by atoms with Gasteiger partial charge < -0.3 is 5.32 Å². The molecule has 1 amide bonds. The van der Waals surface area contributed by atoms with Gasteiger partial charge in [0.1, 0.15) is 5.69 Å². The Morgan fingerprint density at radius 1 is 1.25 bits per heavy atom. The zero-order valence-electron chi connectivity index (χ0n) is 12.8. The zero-order valence-corrected chi connectivity index (χ0v) is 12.8. The molecule has 5 nitrogen and oxygen atoms in total. The van der Waals surface area contributed by atoms with E-state index in [0.717, 1.165) is 12.1 Å². The Morgan fingerprint density at radius 3 is 2.67 bits per heavy atom. The highest BCUT2D eigenvalue weighted by atomic mass is 19.4. The van der Waals surface area contributed by atoms with E-state index in [-0.39, 0.29) is 5.91 Å². The number of pyridine rings is 1. The summed E-state index contributed by atoms with van der Waals surface area (Å²) < 4.78 is 40.3. The number of carbonyl (C=O) groups is 1. The smallest absolute Gasteiger partial charge is 0.325 e. The number of hydrogen-bond donors (Lipinski definition) is 1. The van der Waals surface area contributed by atoms with Crippen LogP contribution in [0.5, 0.6) is 0 Å². The van der Waals surface area contributed by atoms with Gasteiger partial charge in [-0.05, 0) is 18.2 Å². The van der Waals surface area contributed by atoms with Crippen LogP contribution in [0.15, 0.2) is 36.5 Å². The minimum absolute atomic E-state index is 0.263. The van der Waals surface area contributed by atoms with E-state index in [1.54, 1.807) is 19.2 Å². The summed E-state index contributed by atoms with van der Waals surface area (Å²) in [5.41, 5.74) is 0.924. The van der Waals surface area contributed by atoms with E-state index in [0.29, 0.717) is 28.0 Å². The second-order valence-corrected chi connectivity index (χ2v) is 5.33. The van der Waals surface area contributed by atoms with Crippen molar-refractivity contribution in [1.82, 2.24) is 14.8 Å². The SMILES string of the molecule is CC(=O)Nc1cnc2c(c1)c(-c1cccc(C(F)(F)F)c1)nn2C. The van der Waals surface area contributed by atoms with Crippen LogP contribution in [0.1, 0.15) is 12.5 Å². The first-order chi connectivity index (χ1) is 11.3. The number of fused-ring (bicyclic) bond motifs is 1. The number of carbonyl (C=O) groups excluding carboxylic acids is 1. The van der Waals surface area contributed by atoms with E-state index in [9.17, 15) is 18.0 Å². The van der Waals surface area contributed by atoms with Crippen molar-refractivity contribution < 1.29 is 18.0 Å². The van der Waals surface area contributed by atoms with Gasteiger partial charge in [0.2, 0.25) is 5.91 Å². The molecule has 0 aliphatic heterocycles. The number of aromatic nitrogens is 3. The summed E-state index contributed by atoms with van der Waals surface area (Å²) in [5.74, 6) is -0.263. The molecule has 3 aromatic rings. The van der Waals surface area contributed by atoms with Crippen LogP contribution < -0.4 is 5.32 Å². The van der Waals surface area contributed by atoms with E-state index >= 15 is 0 Å². The summed E-state index contributed by atoms with van der Waals surface area (Å²) in [6.07, 6.45) is -2.96. The van der Waals surface area contributed by atoms with E-state index < -0.39 is 11.7 Å². The number of alkyl halides is 3. The predicted octanol–water partition coefficient (Wildman–Crippen LogP) is 3.61. The minimum Gasteiger partial charge on any atom is -0.325 e. The molecule has 0 bridgehead atoms. The van der Waals surface area contributed by atoms with Gasteiger partial charge in [-0.1, -0.05) is 12.1 Å². The molecule has 0 saturated carbocycles. The lowest BCUT2D eigenvalue weighted by molar-refractivity contribution is -0.137. The van der Waals surface area contributed by atoms with Crippen LogP contribution in [0.2, 0.25) is 0 Å². The van der Waals surface area contributed by atoms with Crippen LogP contribution in [-0.2, 0) is 18.0 Å². The molecule has 1 aromatic carbocycles. The number of nitrogens with one attached hydrogen (secondary N) is 1. The molecule has 0 saturated heterocycles. The third-order valence-corrected chi connectivity index (χ3v) is 3.46. The highest BCUT2D eigenvalue weighted by Gasteiger charge is 2.30. The number of aryl methyl sites for hydroxylation is 1. The summed E-state index contributed by atoms with van der Waals surface area (Å²) in [6.45, 7) is 1.36. The Kier molecular flexibility index (Phi) is 3.75. The van der Waals surface area contributed by atoms with Crippen molar-refractivity contribution >= 4 is 22.6 Å². The van der Waals surface area contributed by atoms with E-state index in [1.165, 1.54) is 23.9 Å². The highest BCUT2D eigenvalue weighted by Crippen LogP contribution is 2.34. The Morgan fingerprint density at radius 2 is 2.00 bits per heavy atom. The van der Waals surface area contributed by atoms with Crippen LogP contribution >= 0.6 is 0 Å². The van der Waals surface area contributed by atoms with E-state index in [2.05, 4.69) is 15.4 Å². The number of amides is 1. The van der Waals surface area contributed by atoms with Crippen molar-refractivity contribution in [3.05, 3.63) is 42.1 Å². The second kappa shape index (κ2) is 5.63. The van der Waals surface area contributed by atoms with Gasteiger partial charge in [0.25, 0.3) is 0 Å². The summed E-state index contributed by atoms with van der Waals surface area (Å²) in [6, 6.07) is 6.60. The monoisotopic (exact) mass is 334 g/mol. The van der Waals surface area contributed by atoms with Crippen LogP contribution in [0.25, 0.3) is 22.3 Å². The minimum atomic E-state index is -4.43. The molecule has 24 heavy (non-hydrogen) atoms. The summed E-state index contributed by atoms with van der Waals surface area (Å²) in [4.78, 5) is 15.4. The van der Waals surface area contributed by atoms with Crippen LogP contribution in [-0.4, -0.2) is 20.7 Å². The van der Waals surface area contributed by atoms with Gasteiger partial charge in [-0.2, -0.15) is 18.3 Å². The van der Waals surface area contributed by atoms with Gasteiger partial charge >= 0.3 is 6.18 Å². The van der Waals surface area contributed by atoms with E-state index in [4.69, 9.17) is 0 Å². The van der Waals surface area contributed by atoms with Crippen LogP contribution in [0, 0.1) is 0 Å². The molecule has 3 rings (SSSR count). The maximum Gasteiger partial charge on any atom is 0.416 e. The van der Waals surface area contributed by atoms with Gasteiger partial charge in [-0.15, -0.1) is 0 Å². The normalized spacial score (nSPS) is 11.7. The molecule has 0 aliphatic carbocycles. The van der Waals surface area contributed by atoms with Crippen molar-refractivity contribution in [3.8, 4) is 11.3 Å². The van der Waals surface area contributed by atoms with Crippen molar-refractivity contribution in [2.75, 3.05) is 5.32 Å². The second-order valence-electron chi connectivity index (χ2n) is 5.33. The number of anilines is 1. The number of rotatable bonds is 2. The Balaban J connectivity index is 2.17. The predicted molar refractivity (Wildman–Crippen MR) is 83.3 cm³/mol. The fourth-order valence-electron chi connectivity index (χ4n) is 2.47. The maximum atomic E-state index is 12.9. The first kappa shape index (κ1) is 16.0. The number of hydrogen-bond acceptors (Lipinski definition) is 3. The van der Waals surface area contributed by atoms with Crippen LogP contribution in [0.4, 0.5) is 18.9 Å². The molecule has 2 aromatic heterocycles. The molecule has 8 heteroatoms. The van der Waals surface area contributed by atoms with Crippen molar-refractivity contribution in [3.63, 3.8) is 0 Å². The molecule has 124 valence electrons. The average Bonchev–Trinajstić information content (AvgIpc) is 2.83. The van der Waals surface area contributed by atoms with Crippen molar-refractivity contribution in [2.45, 2.75) is 13.1 Å². The standard InChI is InChI=1S/C16H13F3N4O/c1-9(24)21-12-7-13-14(22-23(2)15(13)20-8-12)10-4-3-5-11(6-10)16(17,18)19/h3-8H,1-2H3,(H,21,24). The topological polar surface area (TPSA) is 59.8 Å². The van der Waals surface area contributed by atoms with Crippen molar-refractivity contribution in [1.29, 1.82) is 0 Å². The lowest BCUT2D eigenvalue weighted by Gasteiger charge is -2.08. The molecule has 0 unspecified atom stereocenters. The Labute approximate surface area is 135 Å². The van der Waals surface area contributed by atoms with Gasteiger partial charge in [0.05, 0.1) is 17.4 Å². The number of halogens is 3. The summed E-state index contributed by atoms with van der Waals surface area (Å²) >= 11 is 0. The molecule has 0 spiro atoms. The largest absolute Gasteiger partial charge is 0.416 e. The number of benzene rings is 1. The molecule has 0 aliphatic rings. The lowest BCUT2D eigenvalue weighted by Crippen LogP contribution is -2.06. The van der Waals surface area contributed by atoms with Gasteiger partial charge in [-0.3, -0.25) is 4.79 Å². The number of nitrogens with zero attached hydrogens (tertiary/aromatic N) is 3. The van der Waals surface area contributed by atoms with Crippen LogP contribution in [0.3, 0.4) is 0 Å². The molecular weight excluding hydrogens is 321 g/mol. The fourth-order valence-corrected chi connectivity index (χ4v) is 2.47. The molecular formula is C16H13F3N4O. The molecule has 1 N–H and O–H groups in total. The molecule has 0 fully saturated rings. The molecule has 0 atom stereocenters. The Bertz CT molecular complexity index is 931. The third-order valence-electron chi connectivity index (χ3n) is 3.46. The van der Waals surface area contributed by atoms with Gasteiger partial charge in [-0.25, -0.2) is 9.67 Å². The zero-order chi connectivity index (χ0) is 17.5. The lowest BCUT2D eigenvalue weighted by atomic mass is 10.1. The fraction of sp³-hybridized carbons (Fsp3) is 0.188. The first-order valence-electron chi connectivity index (χ1n) is 7.03. The quantitative estimate of drug-likeness (QED) is 0.779. The third kappa shape index (κ3) is 2.94.